The quantitative estimate of drug-likeness (QED) is 0.905. The molecule has 2 aromatic rings. The van der Waals surface area contributed by atoms with Crippen LogP contribution >= 0.6 is 11.3 Å². The van der Waals surface area contributed by atoms with Gasteiger partial charge in [0.05, 0.1) is 16.1 Å². The maximum absolute atomic E-state index is 12.3. The molecule has 0 bridgehead atoms. The summed E-state index contributed by atoms with van der Waals surface area (Å²) in [5.74, 6) is 0. The first-order valence-corrected chi connectivity index (χ1v) is 8.68. The number of sulfonamides is 1. The molecular weight excluding hydrogens is 294 g/mol. The van der Waals surface area contributed by atoms with Crippen LogP contribution in [0.15, 0.2) is 28.6 Å². The van der Waals surface area contributed by atoms with Crippen molar-refractivity contribution in [2.45, 2.75) is 24.8 Å². The van der Waals surface area contributed by atoms with Crippen molar-refractivity contribution >= 4 is 27.0 Å². The molecule has 0 saturated heterocycles. The highest BCUT2D eigenvalue weighted by atomic mass is 32.2. The van der Waals surface area contributed by atoms with E-state index in [0.717, 1.165) is 34.8 Å². The normalized spacial score (nSPS) is 14.1. The van der Waals surface area contributed by atoms with Crippen molar-refractivity contribution in [1.29, 1.82) is 0 Å². The zero-order valence-electron chi connectivity index (χ0n) is 11.0. The van der Waals surface area contributed by atoms with Crippen LogP contribution in [0.2, 0.25) is 0 Å². The Kier molecular flexibility index (Phi) is 3.49. The molecule has 2 heterocycles. The summed E-state index contributed by atoms with van der Waals surface area (Å²) in [5.41, 5.74) is 4.68. The van der Waals surface area contributed by atoms with Gasteiger partial charge >= 0.3 is 0 Å². The number of fused-ring (bicyclic) bond motifs is 1. The lowest BCUT2D eigenvalue weighted by molar-refractivity contribution is 0.581. The summed E-state index contributed by atoms with van der Waals surface area (Å²) >= 11 is 1.46. The minimum absolute atomic E-state index is 0.286. The molecule has 1 aromatic heterocycles. The molecule has 0 unspecified atom stereocenters. The van der Waals surface area contributed by atoms with Crippen LogP contribution in [0.25, 0.3) is 0 Å². The molecule has 1 aliphatic heterocycles. The summed E-state index contributed by atoms with van der Waals surface area (Å²) < 4.78 is 27.2. The van der Waals surface area contributed by atoms with Gasteiger partial charge in [-0.15, -0.1) is 11.3 Å². The Morgan fingerprint density at radius 1 is 1.45 bits per heavy atom. The van der Waals surface area contributed by atoms with Gasteiger partial charge in [-0.1, -0.05) is 0 Å². The number of nitrogens with zero attached hydrogens (tertiary/aromatic N) is 1. The molecule has 1 aliphatic rings. The molecule has 0 saturated carbocycles. The number of rotatable bonds is 4. The topological polar surface area (TPSA) is 71.1 Å². The van der Waals surface area contributed by atoms with E-state index >= 15 is 0 Å². The van der Waals surface area contributed by atoms with Crippen LogP contribution < -0.4 is 10.0 Å². The van der Waals surface area contributed by atoms with Crippen LogP contribution in [-0.4, -0.2) is 19.9 Å². The van der Waals surface area contributed by atoms with Gasteiger partial charge in [0.15, 0.2) is 0 Å². The highest BCUT2D eigenvalue weighted by Crippen LogP contribution is 2.25. The number of nitrogens with one attached hydrogen (secondary N) is 2. The van der Waals surface area contributed by atoms with E-state index in [1.807, 2.05) is 13.0 Å². The Bertz CT molecular complexity index is 738. The molecule has 106 valence electrons. The molecule has 3 rings (SSSR count). The zero-order valence-corrected chi connectivity index (χ0v) is 12.6. The summed E-state index contributed by atoms with van der Waals surface area (Å²) in [7, 11) is -3.47. The van der Waals surface area contributed by atoms with E-state index < -0.39 is 10.0 Å². The third kappa shape index (κ3) is 2.56. The fourth-order valence-electron chi connectivity index (χ4n) is 2.19. The smallest absolute Gasteiger partial charge is 0.240 e. The predicted molar refractivity (Wildman–Crippen MR) is 79.5 cm³/mol. The van der Waals surface area contributed by atoms with Crippen molar-refractivity contribution in [1.82, 2.24) is 9.71 Å². The van der Waals surface area contributed by atoms with Crippen molar-refractivity contribution < 1.29 is 8.42 Å². The van der Waals surface area contributed by atoms with Crippen LogP contribution in [0, 0.1) is 6.92 Å². The molecular formula is C13H15N3O2S2. The molecule has 0 fully saturated rings. The second-order valence-corrected chi connectivity index (χ2v) is 7.39. The number of thiazole rings is 1. The highest BCUT2D eigenvalue weighted by molar-refractivity contribution is 7.89. The highest BCUT2D eigenvalue weighted by Gasteiger charge is 2.18. The first-order valence-electron chi connectivity index (χ1n) is 6.32. The van der Waals surface area contributed by atoms with Crippen LogP contribution in [0.3, 0.4) is 0 Å². The molecule has 20 heavy (non-hydrogen) atoms. The Hall–Kier alpha value is -1.44. The SMILES string of the molecule is Cc1ncsc1CNS(=O)(=O)c1ccc2c(c1)CCN2. The first-order chi connectivity index (χ1) is 9.56. The van der Waals surface area contributed by atoms with Gasteiger partial charge < -0.3 is 5.32 Å². The van der Waals surface area contributed by atoms with Crippen molar-refractivity contribution in [2.75, 3.05) is 11.9 Å². The van der Waals surface area contributed by atoms with Gasteiger partial charge in [-0.2, -0.15) is 0 Å². The predicted octanol–water partition coefficient (Wildman–Crippen LogP) is 1.90. The number of aromatic nitrogens is 1. The number of aryl methyl sites for hydroxylation is 1. The van der Waals surface area contributed by atoms with Crippen LogP contribution in [0.1, 0.15) is 16.1 Å². The Labute approximate surface area is 122 Å². The molecule has 0 spiro atoms. The lowest BCUT2D eigenvalue weighted by Crippen LogP contribution is -2.23. The average molecular weight is 309 g/mol. The lowest BCUT2D eigenvalue weighted by atomic mass is 10.2. The van der Waals surface area contributed by atoms with Gasteiger partial charge in [-0.25, -0.2) is 18.1 Å². The minimum Gasteiger partial charge on any atom is -0.384 e. The number of hydrogen-bond donors (Lipinski definition) is 2. The van der Waals surface area contributed by atoms with Crippen molar-refractivity contribution in [3.8, 4) is 0 Å². The monoisotopic (exact) mass is 309 g/mol. The van der Waals surface area contributed by atoms with Gasteiger partial charge in [0.25, 0.3) is 0 Å². The molecule has 2 N–H and O–H groups in total. The third-order valence-corrected chi connectivity index (χ3v) is 5.70. The maximum Gasteiger partial charge on any atom is 0.240 e. The number of benzene rings is 1. The number of anilines is 1. The number of hydrogen-bond acceptors (Lipinski definition) is 5. The fourth-order valence-corrected chi connectivity index (χ4v) is 4.04. The summed E-state index contributed by atoms with van der Waals surface area (Å²) in [5, 5.41) is 3.22. The molecule has 0 atom stereocenters. The van der Waals surface area contributed by atoms with Crippen molar-refractivity contribution in [3.05, 3.63) is 39.8 Å². The third-order valence-electron chi connectivity index (χ3n) is 3.36. The van der Waals surface area contributed by atoms with E-state index in [4.69, 9.17) is 0 Å². The average Bonchev–Trinajstić information content (AvgIpc) is 3.04. The summed E-state index contributed by atoms with van der Waals surface area (Å²) in [6.45, 7) is 3.03. The second kappa shape index (κ2) is 5.16. The molecule has 1 aromatic carbocycles. The van der Waals surface area contributed by atoms with E-state index in [0.29, 0.717) is 4.90 Å². The van der Waals surface area contributed by atoms with E-state index in [1.54, 1.807) is 17.6 Å². The summed E-state index contributed by atoms with van der Waals surface area (Å²) in [6.07, 6.45) is 0.868. The lowest BCUT2D eigenvalue weighted by Gasteiger charge is -2.08. The molecule has 0 aliphatic carbocycles. The van der Waals surface area contributed by atoms with E-state index in [1.165, 1.54) is 11.3 Å². The van der Waals surface area contributed by atoms with Gasteiger partial charge in [0.2, 0.25) is 10.0 Å². The van der Waals surface area contributed by atoms with Gasteiger partial charge in [0, 0.05) is 23.7 Å². The standard InChI is InChI=1S/C13H15N3O2S2/c1-9-13(19-8-15-9)7-16-20(17,18)11-2-3-12-10(6-11)4-5-14-12/h2-3,6,8,14,16H,4-5,7H2,1H3. The Morgan fingerprint density at radius 2 is 2.30 bits per heavy atom. The van der Waals surface area contributed by atoms with Crippen LogP contribution in [0.4, 0.5) is 5.69 Å². The van der Waals surface area contributed by atoms with E-state index in [-0.39, 0.29) is 6.54 Å². The van der Waals surface area contributed by atoms with Crippen molar-refractivity contribution in [2.24, 2.45) is 0 Å². The molecule has 7 heteroatoms. The summed E-state index contributed by atoms with van der Waals surface area (Å²) in [6, 6.07) is 5.21. The van der Waals surface area contributed by atoms with Gasteiger partial charge in [-0.05, 0) is 37.1 Å². The van der Waals surface area contributed by atoms with Crippen molar-refractivity contribution in [3.63, 3.8) is 0 Å². The van der Waals surface area contributed by atoms with Crippen LogP contribution in [-0.2, 0) is 23.0 Å². The molecule has 0 radical (unpaired) electrons. The van der Waals surface area contributed by atoms with E-state index in [9.17, 15) is 8.42 Å². The zero-order chi connectivity index (χ0) is 14.2. The molecule has 5 nitrogen and oxygen atoms in total. The fraction of sp³-hybridized carbons (Fsp3) is 0.308. The van der Waals surface area contributed by atoms with E-state index in [2.05, 4.69) is 15.0 Å². The summed E-state index contributed by atoms with van der Waals surface area (Å²) in [4.78, 5) is 5.38. The Balaban J connectivity index is 1.80. The largest absolute Gasteiger partial charge is 0.384 e. The minimum atomic E-state index is -3.47. The van der Waals surface area contributed by atoms with Crippen LogP contribution in [0.5, 0.6) is 0 Å². The van der Waals surface area contributed by atoms with Gasteiger partial charge in [0.1, 0.15) is 0 Å². The Morgan fingerprint density at radius 3 is 3.05 bits per heavy atom. The second-order valence-electron chi connectivity index (χ2n) is 4.68. The van der Waals surface area contributed by atoms with Gasteiger partial charge in [-0.3, -0.25) is 0 Å². The first kappa shape index (κ1) is 13.5. The molecule has 0 amide bonds. The maximum atomic E-state index is 12.3.